The first kappa shape index (κ1) is 19.2. The summed E-state index contributed by atoms with van der Waals surface area (Å²) in [6, 6.07) is 12.3. The van der Waals surface area contributed by atoms with Crippen LogP contribution in [0.15, 0.2) is 54.6 Å². The maximum absolute atomic E-state index is 12.6. The van der Waals surface area contributed by atoms with E-state index in [-0.39, 0.29) is 17.2 Å². The first-order valence-electron chi connectivity index (χ1n) is 8.15. The number of nitrogens with one attached hydrogen (secondary N) is 2. The average Bonchev–Trinajstić information content (AvgIpc) is 3.03. The van der Waals surface area contributed by atoms with Crippen molar-refractivity contribution in [3.8, 4) is 5.69 Å². The van der Waals surface area contributed by atoms with Crippen molar-refractivity contribution in [3.05, 3.63) is 77.1 Å². The Morgan fingerprint density at radius 3 is 2.25 bits per heavy atom. The molecule has 0 aliphatic carbocycles. The third-order valence-electron chi connectivity index (χ3n) is 3.96. The zero-order valence-corrected chi connectivity index (χ0v) is 14.7. The Balaban J connectivity index is 1.86. The quantitative estimate of drug-likeness (QED) is 0.470. The summed E-state index contributed by atoms with van der Waals surface area (Å²) in [5.41, 5.74) is 6.79. The van der Waals surface area contributed by atoms with Gasteiger partial charge in [-0.05, 0) is 61.5 Å². The standard InChI is InChI=1S/C19H16F3N5O/c1-11-10-16(27(26-11)15-8-2-12(3-9-15)17(23)24)18(28)25-14-6-4-13(5-7-14)19(20,21)22/h2-10H,1H3,(H3,23,24)(H,25,28). The molecule has 0 atom stereocenters. The van der Waals surface area contributed by atoms with E-state index >= 15 is 0 Å². The van der Waals surface area contributed by atoms with E-state index in [4.69, 9.17) is 11.1 Å². The van der Waals surface area contributed by atoms with Gasteiger partial charge in [-0.1, -0.05) is 0 Å². The third-order valence-corrected chi connectivity index (χ3v) is 3.96. The normalized spacial score (nSPS) is 11.3. The van der Waals surface area contributed by atoms with Crippen molar-refractivity contribution in [1.82, 2.24) is 9.78 Å². The molecular formula is C19H16F3N5O. The Morgan fingerprint density at radius 2 is 1.71 bits per heavy atom. The number of carbonyl (C=O) groups excluding carboxylic acids is 1. The molecule has 0 fully saturated rings. The number of amidine groups is 1. The minimum absolute atomic E-state index is 0.0801. The fraction of sp³-hybridized carbons (Fsp3) is 0.105. The Morgan fingerprint density at radius 1 is 1.11 bits per heavy atom. The van der Waals surface area contributed by atoms with E-state index in [2.05, 4.69) is 10.4 Å². The van der Waals surface area contributed by atoms with Gasteiger partial charge in [0.25, 0.3) is 5.91 Å². The Bertz CT molecular complexity index is 1020. The van der Waals surface area contributed by atoms with E-state index in [1.54, 1.807) is 37.3 Å². The Hall–Kier alpha value is -3.62. The lowest BCUT2D eigenvalue weighted by Crippen LogP contribution is -2.17. The number of hydrogen-bond donors (Lipinski definition) is 3. The molecule has 0 bridgehead atoms. The van der Waals surface area contributed by atoms with Crippen molar-refractivity contribution in [2.75, 3.05) is 5.32 Å². The number of alkyl halides is 3. The van der Waals surface area contributed by atoms with Gasteiger partial charge in [0.05, 0.1) is 16.9 Å². The number of nitrogens with two attached hydrogens (primary N) is 1. The summed E-state index contributed by atoms with van der Waals surface area (Å²) in [4.78, 5) is 12.6. The summed E-state index contributed by atoms with van der Waals surface area (Å²) in [5, 5.41) is 14.3. The first-order chi connectivity index (χ1) is 13.1. The minimum atomic E-state index is -4.44. The third kappa shape index (κ3) is 4.03. The number of benzene rings is 2. The second-order valence-electron chi connectivity index (χ2n) is 6.07. The number of hydrogen-bond acceptors (Lipinski definition) is 3. The number of anilines is 1. The van der Waals surface area contributed by atoms with Crippen LogP contribution in [-0.4, -0.2) is 21.5 Å². The zero-order valence-electron chi connectivity index (χ0n) is 14.7. The highest BCUT2D eigenvalue weighted by atomic mass is 19.4. The maximum Gasteiger partial charge on any atom is 0.416 e. The lowest BCUT2D eigenvalue weighted by Gasteiger charge is -2.10. The summed E-state index contributed by atoms with van der Waals surface area (Å²) < 4.78 is 39.4. The molecule has 0 radical (unpaired) electrons. The first-order valence-corrected chi connectivity index (χ1v) is 8.15. The van der Waals surface area contributed by atoms with Crippen molar-refractivity contribution in [1.29, 1.82) is 5.41 Å². The number of amides is 1. The van der Waals surface area contributed by atoms with Gasteiger partial charge in [0, 0.05) is 11.3 Å². The van der Waals surface area contributed by atoms with E-state index in [1.165, 1.54) is 16.8 Å². The zero-order chi connectivity index (χ0) is 20.5. The van der Waals surface area contributed by atoms with Gasteiger partial charge >= 0.3 is 6.18 Å². The van der Waals surface area contributed by atoms with Gasteiger partial charge in [0.15, 0.2) is 0 Å². The molecular weight excluding hydrogens is 371 g/mol. The van der Waals surface area contributed by atoms with E-state index in [9.17, 15) is 18.0 Å². The number of aryl methyl sites for hydroxylation is 1. The van der Waals surface area contributed by atoms with Crippen molar-refractivity contribution in [3.63, 3.8) is 0 Å². The molecule has 144 valence electrons. The largest absolute Gasteiger partial charge is 0.416 e. The topological polar surface area (TPSA) is 96.8 Å². The molecule has 1 amide bonds. The van der Waals surface area contributed by atoms with Crippen molar-refractivity contribution < 1.29 is 18.0 Å². The summed E-state index contributed by atoms with van der Waals surface area (Å²) in [6.07, 6.45) is -4.44. The predicted molar refractivity (Wildman–Crippen MR) is 98.7 cm³/mol. The number of halogens is 3. The van der Waals surface area contributed by atoms with Crippen LogP contribution in [0.1, 0.15) is 27.3 Å². The van der Waals surface area contributed by atoms with Crippen molar-refractivity contribution in [2.24, 2.45) is 5.73 Å². The molecule has 4 N–H and O–H groups in total. The molecule has 1 aromatic heterocycles. The minimum Gasteiger partial charge on any atom is -0.384 e. The smallest absolute Gasteiger partial charge is 0.384 e. The molecule has 2 aromatic carbocycles. The molecule has 6 nitrogen and oxygen atoms in total. The summed E-state index contributed by atoms with van der Waals surface area (Å²) in [7, 11) is 0. The highest BCUT2D eigenvalue weighted by molar-refractivity contribution is 6.03. The number of rotatable bonds is 4. The summed E-state index contributed by atoms with van der Waals surface area (Å²) in [6.45, 7) is 1.72. The van der Waals surface area contributed by atoms with E-state index < -0.39 is 17.6 Å². The van der Waals surface area contributed by atoms with Gasteiger partial charge in [0.2, 0.25) is 0 Å². The number of carbonyl (C=O) groups is 1. The molecule has 28 heavy (non-hydrogen) atoms. The lowest BCUT2D eigenvalue weighted by atomic mass is 10.2. The van der Waals surface area contributed by atoms with Crippen molar-refractivity contribution in [2.45, 2.75) is 13.1 Å². The van der Waals surface area contributed by atoms with Gasteiger partial charge in [0.1, 0.15) is 11.5 Å². The van der Waals surface area contributed by atoms with Crippen LogP contribution >= 0.6 is 0 Å². The van der Waals surface area contributed by atoms with Crippen LogP contribution < -0.4 is 11.1 Å². The molecule has 3 rings (SSSR count). The average molecular weight is 387 g/mol. The van der Waals surface area contributed by atoms with Gasteiger partial charge < -0.3 is 11.1 Å². The van der Waals surface area contributed by atoms with Crippen LogP contribution in [0.2, 0.25) is 0 Å². The maximum atomic E-state index is 12.6. The van der Waals surface area contributed by atoms with Crippen LogP contribution in [0.4, 0.5) is 18.9 Å². The number of nitrogens with zero attached hydrogens (tertiary/aromatic N) is 2. The van der Waals surface area contributed by atoms with Gasteiger partial charge in [-0.3, -0.25) is 10.2 Å². The fourth-order valence-electron chi connectivity index (χ4n) is 2.58. The number of aromatic nitrogens is 2. The summed E-state index contributed by atoms with van der Waals surface area (Å²) >= 11 is 0. The molecule has 0 aliphatic rings. The lowest BCUT2D eigenvalue weighted by molar-refractivity contribution is -0.137. The number of nitrogen functional groups attached to an aromatic ring is 1. The van der Waals surface area contributed by atoms with Crippen molar-refractivity contribution >= 4 is 17.4 Å². The summed E-state index contributed by atoms with van der Waals surface area (Å²) in [5.74, 6) is -0.598. The Kier molecular flexibility index (Phi) is 4.91. The van der Waals surface area contributed by atoms with Crippen LogP contribution in [-0.2, 0) is 6.18 Å². The SMILES string of the molecule is Cc1cc(C(=O)Nc2ccc(C(F)(F)F)cc2)n(-c2ccc(C(=N)N)cc2)n1. The monoisotopic (exact) mass is 387 g/mol. The van der Waals surface area contributed by atoms with Crippen LogP contribution in [0, 0.1) is 12.3 Å². The molecule has 0 saturated heterocycles. The molecule has 0 unspecified atom stereocenters. The van der Waals surface area contributed by atoms with Crippen LogP contribution in [0.3, 0.4) is 0 Å². The molecule has 0 saturated carbocycles. The van der Waals surface area contributed by atoms with Gasteiger partial charge in [-0.15, -0.1) is 0 Å². The van der Waals surface area contributed by atoms with Gasteiger partial charge in [-0.2, -0.15) is 18.3 Å². The van der Waals surface area contributed by atoms with Crippen LogP contribution in [0.25, 0.3) is 5.69 Å². The van der Waals surface area contributed by atoms with Gasteiger partial charge in [-0.25, -0.2) is 4.68 Å². The highest BCUT2D eigenvalue weighted by Gasteiger charge is 2.30. The highest BCUT2D eigenvalue weighted by Crippen LogP contribution is 2.30. The molecule has 1 heterocycles. The molecule has 0 spiro atoms. The van der Waals surface area contributed by atoms with E-state index in [0.29, 0.717) is 16.9 Å². The predicted octanol–water partition coefficient (Wildman–Crippen LogP) is 3.74. The van der Waals surface area contributed by atoms with E-state index in [1.807, 2.05) is 0 Å². The second kappa shape index (κ2) is 7.18. The molecule has 0 aliphatic heterocycles. The second-order valence-corrected chi connectivity index (χ2v) is 6.07. The molecule has 3 aromatic rings. The van der Waals surface area contributed by atoms with Crippen LogP contribution in [0.5, 0.6) is 0 Å². The Labute approximate surface area is 158 Å². The van der Waals surface area contributed by atoms with E-state index in [0.717, 1.165) is 12.1 Å². The fourth-order valence-corrected chi connectivity index (χ4v) is 2.58. The molecule has 9 heteroatoms.